The summed E-state index contributed by atoms with van der Waals surface area (Å²) in [6.45, 7) is 5.99. The molecule has 0 saturated heterocycles. The van der Waals surface area contributed by atoms with Crippen molar-refractivity contribution in [3.8, 4) is 0 Å². The summed E-state index contributed by atoms with van der Waals surface area (Å²) in [6, 6.07) is 1.93. The van der Waals surface area contributed by atoms with E-state index in [9.17, 15) is 13.6 Å². The zero-order chi connectivity index (χ0) is 19.4. The lowest BCUT2D eigenvalue weighted by Gasteiger charge is -2.28. The van der Waals surface area contributed by atoms with E-state index in [0.717, 1.165) is 24.2 Å². The van der Waals surface area contributed by atoms with Gasteiger partial charge in [0.25, 0.3) is 5.91 Å². The van der Waals surface area contributed by atoms with Crippen molar-refractivity contribution in [1.82, 2.24) is 19.7 Å². The number of aromatic nitrogens is 3. The molecule has 7 heteroatoms. The van der Waals surface area contributed by atoms with E-state index in [1.54, 1.807) is 10.7 Å². The van der Waals surface area contributed by atoms with Crippen LogP contribution in [0.5, 0.6) is 0 Å². The topological polar surface area (TPSA) is 59.3 Å². The lowest BCUT2D eigenvalue weighted by Crippen LogP contribution is -2.45. The molecule has 2 aliphatic rings. The second-order valence-corrected chi connectivity index (χ2v) is 8.69. The van der Waals surface area contributed by atoms with Crippen molar-refractivity contribution in [1.29, 1.82) is 0 Å². The van der Waals surface area contributed by atoms with E-state index in [0.29, 0.717) is 30.1 Å². The number of imidazole rings is 1. The second kappa shape index (κ2) is 6.24. The Labute approximate surface area is 157 Å². The van der Waals surface area contributed by atoms with Crippen LogP contribution in [0.4, 0.5) is 8.78 Å². The summed E-state index contributed by atoms with van der Waals surface area (Å²) in [6.07, 6.45) is 4.49. The Balaban J connectivity index is 1.63. The lowest BCUT2D eigenvalue weighted by molar-refractivity contribution is -0.0384. The van der Waals surface area contributed by atoms with Gasteiger partial charge in [0.2, 0.25) is 5.92 Å². The van der Waals surface area contributed by atoms with Gasteiger partial charge >= 0.3 is 0 Å². The van der Waals surface area contributed by atoms with E-state index in [1.165, 1.54) is 0 Å². The molecule has 146 valence electrons. The van der Waals surface area contributed by atoms with Gasteiger partial charge in [-0.25, -0.2) is 18.7 Å². The third-order valence-corrected chi connectivity index (χ3v) is 6.10. The number of carbonyl (C=O) groups excluding carboxylic acids is 1. The second-order valence-electron chi connectivity index (χ2n) is 8.69. The molecule has 2 saturated carbocycles. The van der Waals surface area contributed by atoms with Gasteiger partial charge in [-0.2, -0.15) is 0 Å². The Bertz CT molecular complexity index is 875. The number of alkyl halides is 2. The Morgan fingerprint density at radius 2 is 1.93 bits per heavy atom. The monoisotopic (exact) mass is 376 g/mol. The molecule has 0 unspecified atom stereocenters. The average molecular weight is 376 g/mol. The fourth-order valence-corrected chi connectivity index (χ4v) is 4.11. The number of nitrogens with zero attached hydrogens (tertiary/aromatic N) is 3. The summed E-state index contributed by atoms with van der Waals surface area (Å²) in [5.41, 5.74) is 2.22. The van der Waals surface area contributed by atoms with Crippen molar-refractivity contribution in [3.63, 3.8) is 0 Å². The van der Waals surface area contributed by atoms with Crippen LogP contribution < -0.4 is 5.32 Å². The number of halogens is 2. The average Bonchev–Trinajstić information content (AvgIpc) is 3.35. The standard InChI is InChI=1S/C20H26F2N4O/c1-12-10-15(13-6-8-20(21,22)9-7-13)24-17-16(23-11-26(12)17)18(27)25-19(2,3)14-4-5-14/h10-11,13-14H,4-9H2,1-3H3,(H,25,27). The number of rotatable bonds is 4. The molecule has 4 rings (SSSR count). The molecule has 2 aromatic rings. The van der Waals surface area contributed by atoms with E-state index in [-0.39, 0.29) is 30.2 Å². The maximum Gasteiger partial charge on any atom is 0.274 e. The summed E-state index contributed by atoms with van der Waals surface area (Å²) in [5, 5.41) is 3.09. The third kappa shape index (κ3) is 3.56. The smallest absolute Gasteiger partial charge is 0.274 e. The first-order valence-electron chi connectivity index (χ1n) is 9.71. The first-order chi connectivity index (χ1) is 12.7. The highest BCUT2D eigenvalue weighted by atomic mass is 19.3. The minimum Gasteiger partial charge on any atom is -0.345 e. The fourth-order valence-electron chi connectivity index (χ4n) is 4.11. The Hall–Kier alpha value is -2.05. The summed E-state index contributed by atoms with van der Waals surface area (Å²) in [4.78, 5) is 21.8. The van der Waals surface area contributed by atoms with Crippen molar-refractivity contribution in [2.24, 2.45) is 5.92 Å². The number of amides is 1. The van der Waals surface area contributed by atoms with Gasteiger partial charge in [0.15, 0.2) is 11.3 Å². The van der Waals surface area contributed by atoms with Crippen LogP contribution in [0.25, 0.3) is 5.65 Å². The molecule has 0 aliphatic heterocycles. The van der Waals surface area contributed by atoms with E-state index in [4.69, 9.17) is 0 Å². The fraction of sp³-hybridized carbons (Fsp3) is 0.650. The number of hydrogen-bond acceptors (Lipinski definition) is 3. The highest BCUT2D eigenvalue weighted by Gasteiger charge is 2.40. The van der Waals surface area contributed by atoms with E-state index in [1.807, 2.05) is 26.8 Å². The number of nitrogens with one attached hydrogen (secondary N) is 1. The zero-order valence-corrected chi connectivity index (χ0v) is 16.1. The van der Waals surface area contributed by atoms with Crippen molar-refractivity contribution in [2.75, 3.05) is 0 Å². The maximum atomic E-state index is 13.5. The van der Waals surface area contributed by atoms with E-state index < -0.39 is 5.92 Å². The van der Waals surface area contributed by atoms with Gasteiger partial charge in [-0.3, -0.25) is 9.20 Å². The molecule has 27 heavy (non-hydrogen) atoms. The molecule has 2 aromatic heterocycles. The Morgan fingerprint density at radius 3 is 2.56 bits per heavy atom. The summed E-state index contributed by atoms with van der Waals surface area (Å²) in [7, 11) is 0. The summed E-state index contributed by atoms with van der Waals surface area (Å²) < 4.78 is 28.8. The Kier molecular flexibility index (Phi) is 4.24. The minimum atomic E-state index is -2.56. The van der Waals surface area contributed by atoms with Crippen LogP contribution in [-0.2, 0) is 0 Å². The SMILES string of the molecule is Cc1cc(C2CCC(F)(F)CC2)nc2c(C(=O)NC(C)(C)C3CC3)ncn12. The third-order valence-electron chi connectivity index (χ3n) is 6.10. The molecular formula is C20H26F2N4O. The highest BCUT2D eigenvalue weighted by Crippen LogP contribution is 2.41. The first kappa shape index (κ1) is 18.3. The number of fused-ring (bicyclic) bond motifs is 1. The normalized spacial score (nSPS) is 20.8. The largest absolute Gasteiger partial charge is 0.345 e. The van der Waals surface area contributed by atoms with Crippen LogP contribution in [0, 0.1) is 12.8 Å². The van der Waals surface area contributed by atoms with Gasteiger partial charge in [0.05, 0.1) is 0 Å². The lowest BCUT2D eigenvalue weighted by atomic mass is 9.84. The first-order valence-corrected chi connectivity index (χ1v) is 9.71. The molecule has 2 fully saturated rings. The van der Waals surface area contributed by atoms with Crippen LogP contribution in [0.3, 0.4) is 0 Å². The summed E-state index contributed by atoms with van der Waals surface area (Å²) in [5.74, 6) is -2.29. The van der Waals surface area contributed by atoms with Crippen molar-refractivity contribution in [3.05, 3.63) is 29.5 Å². The molecule has 0 radical (unpaired) electrons. The predicted octanol–water partition coefficient (Wildman–Crippen LogP) is 4.25. The molecule has 0 bridgehead atoms. The van der Waals surface area contributed by atoms with E-state index >= 15 is 0 Å². The molecule has 0 spiro atoms. The number of carbonyl (C=O) groups is 1. The highest BCUT2D eigenvalue weighted by molar-refractivity contribution is 5.98. The molecule has 5 nitrogen and oxygen atoms in total. The predicted molar refractivity (Wildman–Crippen MR) is 98.1 cm³/mol. The van der Waals surface area contributed by atoms with Crippen LogP contribution >= 0.6 is 0 Å². The van der Waals surface area contributed by atoms with Crippen molar-refractivity contribution in [2.45, 2.75) is 76.7 Å². The molecular weight excluding hydrogens is 350 g/mol. The van der Waals surface area contributed by atoms with Gasteiger partial charge in [-0.1, -0.05) is 0 Å². The van der Waals surface area contributed by atoms with Crippen LogP contribution in [0.15, 0.2) is 12.4 Å². The Morgan fingerprint density at radius 1 is 1.26 bits per heavy atom. The minimum absolute atomic E-state index is 0.00189. The van der Waals surface area contributed by atoms with Gasteiger partial charge in [-0.05, 0) is 58.4 Å². The zero-order valence-electron chi connectivity index (χ0n) is 16.1. The van der Waals surface area contributed by atoms with E-state index in [2.05, 4.69) is 15.3 Å². The van der Waals surface area contributed by atoms with Gasteiger partial charge in [0, 0.05) is 35.7 Å². The molecule has 0 atom stereocenters. The summed E-state index contributed by atoms with van der Waals surface area (Å²) >= 11 is 0. The van der Waals surface area contributed by atoms with Crippen LogP contribution in [0.2, 0.25) is 0 Å². The number of aryl methyl sites for hydroxylation is 1. The molecule has 2 aliphatic carbocycles. The molecule has 0 aromatic carbocycles. The van der Waals surface area contributed by atoms with Crippen molar-refractivity contribution < 1.29 is 13.6 Å². The quantitative estimate of drug-likeness (QED) is 0.868. The molecule has 1 N–H and O–H groups in total. The number of hydrogen-bond donors (Lipinski definition) is 1. The van der Waals surface area contributed by atoms with Crippen LogP contribution in [0.1, 0.15) is 80.2 Å². The van der Waals surface area contributed by atoms with Gasteiger partial charge in [-0.15, -0.1) is 0 Å². The molecule has 1 amide bonds. The maximum absolute atomic E-state index is 13.5. The van der Waals surface area contributed by atoms with Crippen LogP contribution in [-0.4, -0.2) is 31.7 Å². The van der Waals surface area contributed by atoms with Gasteiger partial charge in [0.1, 0.15) is 6.33 Å². The molecule has 2 heterocycles. The van der Waals surface area contributed by atoms with Crippen molar-refractivity contribution >= 4 is 11.6 Å². The van der Waals surface area contributed by atoms with Gasteiger partial charge < -0.3 is 5.32 Å².